The number of carbonyl (C=O) groups is 4. The minimum Gasteiger partial charge on any atom is -0.453 e. The summed E-state index contributed by atoms with van der Waals surface area (Å²) in [6.07, 6.45) is 3.83. The number of likely N-dealkylation sites (tertiary alicyclic amines) is 2. The number of H-pyrrole nitrogens is 2. The minimum atomic E-state index is -0.693. The molecule has 0 spiro atoms. The van der Waals surface area contributed by atoms with E-state index >= 15 is 0 Å². The predicted octanol–water partition coefficient (Wildman–Crippen LogP) is 6.72. The Morgan fingerprint density at radius 2 is 1.41 bits per heavy atom. The average Bonchev–Trinajstić information content (AvgIpc) is 4.03. The van der Waals surface area contributed by atoms with Gasteiger partial charge in [0, 0.05) is 28.1 Å². The van der Waals surface area contributed by atoms with Gasteiger partial charge in [-0.1, -0.05) is 39.5 Å². The molecule has 0 aliphatic carbocycles. The number of imidazole rings is 2. The normalized spacial score (nSPS) is 18.0. The Morgan fingerprint density at radius 1 is 0.804 bits per heavy atom. The van der Waals surface area contributed by atoms with Gasteiger partial charge in [0.05, 0.1) is 59.0 Å². The van der Waals surface area contributed by atoms with E-state index in [1.807, 2.05) is 57.0 Å². The van der Waals surface area contributed by atoms with E-state index in [1.54, 1.807) is 27.6 Å². The van der Waals surface area contributed by atoms with Crippen molar-refractivity contribution in [3.05, 3.63) is 58.6 Å². The van der Waals surface area contributed by atoms with Gasteiger partial charge in [0.15, 0.2) is 0 Å². The van der Waals surface area contributed by atoms with E-state index < -0.39 is 24.3 Å². The highest BCUT2D eigenvalue weighted by Gasteiger charge is 2.39. The van der Waals surface area contributed by atoms with Crippen LogP contribution in [0.5, 0.6) is 0 Å². The fraction of sp³-hybridized carbons (Fsp3) is 0.450. The zero-order valence-electron chi connectivity index (χ0n) is 32.2. The largest absolute Gasteiger partial charge is 0.453 e. The molecule has 2 aliphatic rings. The third kappa shape index (κ3) is 7.96. The summed E-state index contributed by atoms with van der Waals surface area (Å²) in [5, 5.41) is 5.39. The maximum Gasteiger partial charge on any atom is 0.407 e. The lowest BCUT2D eigenvalue weighted by molar-refractivity contribution is -0.136. The molecule has 0 bridgehead atoms. The summed E-state index contributed by atoms with van der Waals surface area (Å²) in [5.41, 5.74) is 3.38. The van der Waals surface area contributed by atoms with Gasteiger partial charge in [-0.05, 0) is 67.9 Å². The number of nitrogens with one attached hydrogen (secondary N) is 4. The molecule has 56 heavy (non-hydrogen) atoms. The Balaban J connectivity index is 1.03. The second-order valence-corrected chi connectivity index (χ2v) is 17.0. The first-order chi connectivity index (χ1) is 26.9. The number of hydrogen-bond donors (Lipinski definition) is 4. The van der Waals surface area contributed by atoms with Crippen molar-refractivity contribution in [3.8, 4) is 22.4 Å². The van der Waals surface area contributed by atoms with Crippen molar-refractivity contribution in [2.45, 2.75) is 77.5 Å². The molecule has 0 radical (unpaired) electrons. The fourth-order valence-corrected chi connectivity index (χ4v) is 9.66. The zero-order valence-corrected chi connectivity index (χ0v) is 33.9. The molecule has 16 heteroatoms. The minimum absolute atomic E-state index is 0.103. The summed E-state index contributed by atoms with van der Waals surface area (Å²) in [5.74, 6) is 7.59. The van der Waals surface area contributed by atoms with E-state index in [-0.39, 0.29) is 35.7 Å². The van der Waals surface area contributed by atoms with Crippen LogP contribution in [0.25, 0.3) is 31.0 Å². The number of methoxy groups -OCH3 is 2. The fourth-order valence-electron chi connectivity index (χ4n) is 7.45. The van der Waals surface area contributed by atoms with Crippen LogP contribution in [-0.4, -0.2) is 93.1 Å². The first kappa shape index (κ1) is 38.9. The van der Waals surface area contributed by atoms with Crippen molar-refractivity contribution in [1.29, 1.82) is 0 Å². The third-order valence-electron chi connectivity index (χ3n) is 10.4. The molecule has 6 heterocycles. The Hall–Kier alpha value is -5.40. The number of ether oxygens (including phenoxy) is 2. The summed E-state index contributed by atoms with van der Waals surface area (Å²) in [7, 11) is 2.58. The standard InChI is InChI=1S/C40H46N8O6S2/c1-21(2)33(45-39(51)53-5)37(49)47-15-7-9-28(47)35-41-20-27(44-35)30-19-32-31(56-30)18-24(55-32)13-11-23-12-14-25-26(17-23)43-36(42-25)29-10-8-16-48(29)38(50)34(22(3)4)46-40(52)54-6/h12,14,17-22,28-29,33-34H,7-10,15-16H2,1-6H3,(H,41,44)(H,42,43)(H,45,51)(H,46,52)/t28-,29+,33-,34+/m1/s1. The molecule has 2 saturated heterocycles. The third-order valence-corrected chi connectivity index (χ3v) is 12.6. The number of alkyl carbamates (subject to hydrolysis) is 2. The van der Waals surface area contributed by atoms with Gasteiger partial charge in [-0.3, -0.25) is 9.59 Å². The second kappa shape index (κ2) is 16.4. The van der Waals surface area contributed by atoms with Crippen molar-refractivity contribution in [1.82, 2.24) is 40.4 Å². The number of rotatable bonds is 9. The molecule has 4 atom stereocenters. The number of benzene rings is 1. The van der Waals surface area contributed by atoms with Crippen LogP contribution in [0.3, 0.4) is 0 Å². The molecular weight excluding hydrogens is 753 g/mol. The van der Waals surface area contributed by atoms with Crippen LogP contribution in [0.4, 0.5) is 9.59 Å². The summed E-state index contributed by atoms with van der Waals surface area (Å²) in [6.45, 7) is 8.79. The molecule has 14 nitrogen and oxygen atoms in total. The molecule has 4 amide bonds. The smallest absolute Gasteiger partial charge is 0.407 e. The van der Waals surface area contributed by atoms with E-state index in [1.165, 1.54) is 14.2 Å². The van der Waals surface area contributed by atoms with E-state index in [0.717, 1.165) is 78.8 Å². The number of amides is 4. The Kier molecular flexibility index (Phi) is 11.4. The number of thiophene rings is 2. The number of nitrogens with zero attached hydrogens (tertiary/aromatic N) is 4. The van der Waals surface area contributed by atoms with Crippen molar-refractivity contribution in [2.75, 3.05) is 27.3 Å². The molecular formula is C40H46N8O6S2. The average molecular weight is 799 g/mol. The lowest BCUT2D eigenvalue weighted by Gasteiger charge is -2.30. The van der Waals surface area contributed by atoms with Crippen molar-refractivity contribution in [2.24, 2.45) is 11.8 Å². The Labute approximate surface area is 332 Å². The van der Waals surface area contributed by atoms with Crippen LogP contribution in [0.2, 0.25) is 0 Å². The van der Waals surface area contributed by atoms with Crippen LogP contribution in [-0.2, 0) is 19.1 Å². The molecule has 4 N–H and O–H groups in total. The van der Waals surface area contributed by atoms with Gasteiger partial charge in [-0.25, -0.2) is 19.6 Å². The maximum atomic E-state index is 13.6. The zero-order chi connectivity index (χ0) is 39.7. The summed E-state index contributed by atoms with van der Waals surface area (Å²) >= 11 is 3.29. The SMILES string of the molecule is COC(=O)N[C@H](C(=O)N1CCC[C@H]1c1nc2ccc(C#Cc3cc4sc(-c5cnc([C@H]6CCCN6C(=O)[C@H](NC(=O)OC)C(C)C)[nH]5)cc4s3)cc2[nH]1)C(C)C. The highest BCUT2D eigenvalue weighted by atomic mass is 32.1. The van der Waals surface area contributed by atoms with E-state index in [2.05, 4.69) is 49.6 Å². The van der Waals surface area contributed by atoms with Crippen LogP contribution >= 0.6 is 22.7 Å². The monoisotopic (exact) mass is 798 g/mol. The molecule has 0 unspecified atom stereocenters. The highest BCUT2D eigenvalue weighted by molar-refractivity contribution is 7.29. The number of carbonyl (C=O) groups excluding carboxylic acids is 4. The lowest BCUT2D eigenvalue weighted by Crippen LogP contribution is -2.51. The lowest BCUT2D eigenvalue weighted by atomic mass is 10.0. The van der Waals surface area contributed by atoms with Gasteiger partial charge in [0.25, 0.3) is 0 Å². The second-order valence-electron chi connectivity index (χ2n) is 14.8. The Bertz CT molecular complexity index is 2300. The number of fused-ring (bicyclic) bond motifs is 2. The van der Waals surface area contributed by atoms with Gasteiger partial charge < -0.3 is 39.9 Å². The molecule has 2 fully saturated rings. The Morgan fingerprint density at radius 3 is 2.00 bits per heavy atom. The van der Waals surface area contributed by atoms with Gasteiger partial charge in [-0.2, -0.15) is 0 Å². The van der Waals surface area contributed by atoms with Crippen LogP contribution in [0.15, 0.2) is 36.5 Å². The van der Waals surface area contributed by atoms with Crippen molar-refractivity contribution in [3.63, 3.8) is 0 Å². The molecule has 5 aromatic rings. The van der Waals surface area contributed by atoms with Crippen molar-refractivity contribution >= 4 is 67.1 Å². The predicted molar refractivity (Wildman–Crippen MR) is 215 cm³/mol. The molecule has 4 aromatic heterocycles. The highest BCUT2D eigenvalue weighted by Crippen LogP contribution is 2.39. The van der Waals surface area contributed by atoms with Gasteiger partial charge >= 0.3 is 12.2 Å². The van der Waals surface area contributed by atoms with Gasteiger partial charge in [0.1, 0.15) is 23.7 Å². The van der Waals surface area contributed by atoms with E-state index in [9.17, 15) is 19.2 Å². The van der Waals surface area contributed by atoms with Crippen LogP contribution in [0, 0.1) is 23.7 Å². The molecule has 1 aromatic carbocycles. The molecule has 294 valence electrons. The van der Waals surface area contributed by atoms with Gasteiger partial charge in [0.2, 0.25) is 11.8 Å². The number of aromatic nitrogens is 4. The first-order valence-corrected chi connectivity index (χ1v) is 20.5. The number of aromatic amines is 2. The summed E-state index contributed by atoms with van der Waals surface area (Å²) in [4.78, 5) is 73.1. The summed E-state index contributed by atoms with van der Waals surface area (Å²) in [6, 6.07) is 8.33. The first-order valence-electron chi connectivity index (χ1n) is 18.8. The van der Waals surface area contributed by atoms with Crippen LogP contribution < -0.4 is 10.6 Å². The molecule has 2 aliphatic heterocycles. The van der Waals surface area contributed by atoms with Gasteiger partial charge in [-0.15, -0.1) is 22.7 Å². The van der Waals surface area contributed by atoms with Crippen LogP contribution in [0.1, 0.15) is 87.6 Å². The number of hydrogen-bond acceptors (Lipinski definition) is 10. The van der Waals surface area contributed by atoms with E-state index in [0.29, 0.717) is 13.1 Å². The molecule has 7 rings (SSSR count). The topological polar surface area (TPSA) is 175 Å². The quantitative estimate of drug-likeness (QED) is 0.119. The molecule has 0 saturated carbocycles. The van der Waals surface area contributed by atoms with Crippen molar-refractivity contribution < 1.29 is 28.7 Å². The maximum absolute atomic E-state index is 13.6. The summed E-state index contributed by atoms with van der Waals surface area (Å²) < 4.78 is 11.8. The van der Waals surface area contributed by atoms with E-state index in [4.69, 9.17) is 14.5 Å².